The number of halogens is 3. The molecule has 1 heterocycles. The van der Waals surface area contributed by atoms with E-state index in [9.17, 15) is 18.0 Å². The number of nitrogens with zero attached hydrogens (tertiary/aromatic N) is 1. The normalized spacial score (nSPS) is 22.7. The highest BCUT2D eigenvalue weighted by Crippen LogP contribution is 2.30. The molecular weight excluding hydrogens is 309 g/mol. The predicted molar refractivity (Wildman–Crippen MR) is 80.3 cm³/mol. The average molecular weight is 330 g/mol. The van der Waals surface area contributed by atoms with E-state index in [0.29, 0.717) is 12.2 Å². The van der Waals surface area contributed by atoms with Gasteiger partial charge in [0.05, 0.1) is 13.5 Å². The summed E-state index contributed by atoms with van der Waals surface area (Å²) >= 11 is 0. The molecule has 1 N–H and O–H groups in total. The zero-order valence-electron chi connectivity index (χ0n) is 13.2. The molecule has 1 saturated heterocycles. The van der Waals surface area contributed by atoms with Crippen molar-refractivity contribution >= 4 is 5.91 Å². The van der Waals surface area contributed by atoms with Crippen LogP contribution in [0.25, 0.3) is 0 Å². The fourth-order valence-electron chi connectivity index (χ4n) is 2.92. The topological polar surface area (TPSA) is 41.6 Å². The van der Waals surface area contributed by atoms with E-state index in [2.05, 4.69) is 5.32 Å². The van der Waals surface area contributed by atoms with E-state index in [1.54, 1.807) is 25.3 Å². The van der Waals surface area contributed by atoms with Gasteiger partial charge in [-0.25, -0.2) is 0 Å². The quantitative estimate of drug-likeness (QED) is 0.922. The minimum Gasteiger partial charge on any atom is -0.497 e. The Labute approximate surface area is 133 Å². The Bertz CT molecular complexity index is 548. The largest absolute Gasteiger partial charge is 0.497 e. The fourth-order valence-corrected chi connectivity index (χ4v) is 2.92. The molecule has 0 spiro atoms. The van der Waals surface area contributed by atoms with Gasteiger partial charge in [-0.15, -0.1) is 0 Å². The summed E-state index contributed by atoms with van der Waals surface area (Å²) in [5.41, 5.74) is 0.805. The monoisotopic (exact) mass is 330 g/mol. The molecule has 1 aromatic carbocycles. The van der Waals surface area contributed by atoms with Gasteiger partial charge in [0.25, 0.3) is 0 Å². The predicted octanol–water partition coefficient (Wildman–Crippen LogP) is 2.38. The first kappa shape index (κ1) is 17.6. The molecule has 0 aliphatic carbocycles. The summed E-state index contributed by atoms with van der Waals surface area (Å²) in [4.78, 5) is 13.3. The number of ether oxygens (including phenoxy) is 1. The summed E-state index contributed by atoms with van der Waals surface area (Å²) in [7, 11) is 2.99. The maximum Gasteiger partial charge on any atom is 0.404 e. The van der Waals surface area contributed by atoms with Gasteiger partial charge in [0, 0.05) is 12.6 Å². The minimum absolute atomic E-state index is 0.00407. The molecule has 23 heavy (non-hydrogen) atoms. The molecule has 2 atom stereocenters. The number of carbonyl (C=O) groups excluding carboxylic acids is 1. The van der Waals surface area contributed by atoms with Crippen LogP contribution in [0.5, 0.6) is 5.75 Å². The molecule has 1 amide bonds. The van der Waals surface area contributed by atoms with E-state index >= 15 is 0 Å². The van der Waals surface area contributed by atoms with E-state index in [1.165, 1.54) is 11.9 Å². The number of hydrogen-bond donors (Lipinski definition) is 1. The van der Waals surface area contributed by atoms with Crippen molar-refractivity contribution < 1.29 is 22.7 Å². The van der Waals surface area contributed by atoms with Crippen LogP contribution in [0.1, 0.15) is 18.4 Å². The van der Waals surface area contributed by atoms with Crippen LogP contribution in [-0.4, -0.2) is 49.8 Å². The highest BCUT2D eigenvalue weighted by atomic mass is 19.4. The Morgan fingerprint density at radius 3 is 2.74 bits per heavy atom. The summed E-state index contributed by atoms with van der Waals surface area (Å²) in [6.45, 7) is 0.202. The van der Waals surface area contributed by atoms with Gasteiger partial charge in [-0.05, 0) is 37.6 Å². The molecule has 2 rings (SSSR count). The van der Waals surface area contributed by atoms with Crippen LogP contribution in [0.4, 0.5) is 13.2 Å². The maximum atomic E-state index is 12.8. The van der Waals surface area contributed by atoms with Crippen LogP contribution in [-0.2, 0) is 11.2 Å². The summed E-state index contributed by atoms with van der Waals surface area (Å²) in [5, 5.41) is 2.82. The lowest BCUT2D eigenvalue weighted by Gasteiger charge is -2.38. The third kappa shape index (κ3) is 4.86. The summed E-state index contributed by atoms with van der Waals surface area (Å²) in [6.07, 6.45) is -3.70. The first-order chi connectivity index (χ1) is 10.8. The molecule has 0 aromatic heterocycles. The third-order valence-corrected chi connectivity index (χ3v) is 4.07. The molecule has 1 aliphatic heterocycles. The zero-order chi connectivity index (χ0) is 17.0. The van der Waals surface area contributed by atoms with Crippen molar-refractivity contribution in [3.8, 4) is 5.75 Å². The van der Waals surface area contributed by atoms with Crippen molar-refractivity contribution in [1.82, 2.24) is 10.2 Å². The Kier molecular flexibility index (Phi) is 5.51. The van der Waals surface area contributed by atoms with Gasteiger partial charge in [-0.2, -0.15) is 13.2 Å². The third-order valence-electron chi connectivity index (χ3n) is 4.07. The number of carbonyl (C=O) groups is 1. The smallest absolute Gasteiger partial charge is 0.404 e. The molecule has 1 fully saturated rings. The van der Waals surface area contributed by atoms with Crippen LogP contribution < -0.4 is 10.1 Å². The second-order valence-corrected chi connectivity index (χ2v) is 5.87. The number of hydrogen-bond acceptors (Lipinski definition) is 3. The number of methoxy groups -OCH3 is 1. The van der Waals surface area contributed by atoms with Crippen LogP contribution in [0.15, 0.2) is 24.3 Å². The number of benzene rings is 1. The van der Waals surface area contributed by atoms with Crippen molar-refractivity contribution in [2.75, 3.05) is 20.7 Å². The molecule has 128 valence electrons. The number of piperidine rings is 1. The second-order valence-electron chi connectivity index (χ2n) is 5.87. The molecule has 0 saturated carbocycles. The van der Waals surface area contributed by atoms with Crippen molar-refractivity contribution in [2.24, 2.45) is 0 Å². The van der Waals surface area contributed by atoms with E-state index < -0.39 is 12.2 Å². The van der Waals surface area contributed by atoms with E-state index in [1.807, 2.05) is 6.07 Å². The highest BCUT2D eigenvalue weighted by Gasteiger charge is 2.44. The average Bonchev–Trinajstić information content (AvgIpc) is 2.46. The van der Waals surface area contributed by atoms with Crippen LogP contribution in [0.2, 0.25) is 0 Å². The van der Waals surface area contributed by atoms with Crippen molar-refractivity contribution in [3.05, 3.63) is 29.8 Å². The highest BCUT2D eigenvalue weighted by molar-refractivity contribution is 5.79. The van der Waals surface area contributed by atoms with Crippen molar-refractivity contribution in [3.63, 3.8) is 0 Å². The van der Waals surface area contributed by atoms with Gasteiger partial charge in [0.2, 0.25) is 5.91 Å². The Morgan fingerprint density at radius 1 is 1.39 bits per heavy atom. The summed E-state index contributed by atoms with van der Waals surface area (Å²) in [5.74, 6) is 0.475. The summed E-state index contributed by atoms with van der Waals surface area (Å²) in [6, 6.07) is 5.49. The second kappa shape index (κ2) is 7.21. The number of alkyl halides is 3. The molecule has 1 aliphatic rings. The lowest BCUT2D eigenvalue weighted by molar-refractivity contribution is -0.188. The lowest BCUT2D eigenvalue weighted by atomic mass is 9.98. The number of likely N-dealkylation sites (tertiary alicyclic amines) is 1. The zero-order valence-corrected chi connectivity index (χ0v) is 13.2. The first-order valence-electron chi connectivity index (χ1n) is 7.49. The first-order valence-corrected chi connectivity index (χ1v) is 7.49. The van der Waals surface area contributed by atoms with Gasteiger partial charge in [0.1, 0.15) is 11.8 Å². The van der Waals surface area contributed by atoms with Gasteiger partial charge in [-0.3, -0.25) is 9.69 Å². The fraction of sp³-hybridized carbons (Fsp3) is 0.562. The van der Waals surface area contributed by atoms with Crippen molar-refractivity contribution in [2.45, 2.75) is 37.5 Å². The molecule has 0 radical (unpaired) electrons. The van der Waals surface area contributed by atoms with Crippen molar-refractivity contribution in [1.29, 1.82) is 0 Å². The van der Waals surface area contributed by atoms with Gasteiger partial charge in [-0.1, -0.05) is 12.1 Å². The van der Waals surface area contributed by atoms with Crippen LogP contribution >= 0.6 is 0 Å². The molecule has 0 unspecified atom stereocenters. The molecule has 0 bridgehead atoms. The van der Waals surface area contributed by atoms with E-state index in [0.717, 1.165) is 5.56 Å². The maximum absolute atomic E-state index is 12.8. The Hall–Kier alpha value is -1.76. The number of amides is 1. The Balaban J connectivity index is 1.87. The van der Waals surface area contributed by atoms with Gasteiger partial charge >= 0.3 is 6.18 Å². The number of likely N-dealkylation sites (N-methyl/N-ethyl adjacent to an activating group) is 1. The minimum atomic E-state index is -4.22. The van der Waals surface area contributed by atoms with Crippen LogP contribution in [0, 0.1) is 0 Å². The van der Waals surface area contributed by atoms with Gasteiger partial charge < -0.3 is 10.1 Å². The lowest BCUT2D eigenvalue weighted by Crippen LogP contribution is -2.54. The molecular formula is C16H21F3N2O2. The molecule has 4 nitrogen and oxygen atoms in total. The SMILES string of the molecule is COc1cccc(CC(=O)N[C@@H]2CC[C@@H](C(F)(F)F)N(C)C2)c1. The van der Waals surface area contributed by atoms with Crippen LogP contribution in [0.3, 0.4) is 0 Å². The standard InChI is InChI=1S/C16H21F3N2O2/c1-21-10-12(6-7-14(21)16(17,18)19)20-15(22)9-11-4-3-5-13(8-11)23-2/h3-5,8,12,14H,6-7,9-10H2,1-2H3,(H,20,22)/t12-,14+/m1/s1. The van der Waals surface area contributed by atoms with E-state index in [-0.39, 0.29) is 31.3 Å². The molecule has 7 heteroatoms. The number of rotatable bonds is 4. The van der Waals surface area contributed by atoms with Gasteiger partial charge in [0.15, 0.2) is 0 Å². The summed E-state index contributed by atoms with van der Waals surface area (Å²) < 4.78 is 43.5. The van der Waals surface area contributed by atoms with E-state index in [4.69, 9.17) is 4.74 Å². The molecule has 1 aromatic rings. The number of nitrogens with one attached hydrogen (secondary N) is 1. The Morgan fingerprint density at radius 2 is 2.13 bits per heavy atom.